The van der Waals surface area contributed by atoms with E-state index in [4.69, 9.17) is 4.74 Å². The predicted octanol–water partition coefficient (Wildman–Crippen LogP) is 3.43. The smallest absolute Gasteiger partial charge is 0.222 e. The second-order valence-electron chi connectivity index (χ2n) is 6.97. The van der Waals surface area contributed by atoms with Crippen LogP contribution in [-0.2, 0) is 4.79 Å². The Morgan fingerprint density at radius 1 is 1.26 bits per heavy atom. The van der Waals surface area contributed by atoms with Gasteiger partial charge in [-0.2, -0.15) is 0 Å². The molecule has 1 amide bonds. The second-order valence-corrected chi connectivity index (χ2v) is 6.97. The molecule has 0 saturated carbocycles. The third kappa shape index (κ3) is 2.99. The average Bonchev–Trinajstić information content (AvgIpc) is 2.46. The van der Waals surface area contributed by atoms with Gasteiger partial charge in [0.15, 0.2) is 5.78 Å². The summed E-state index contributed by atoms with van der Waals surface area (Å²) >= 11 is 0. The zero-order valence-corrected chi connectivity index (χ0v) is 14.3. The van der Waals surface area contributed by atoms with E-state index < -0.39 is 5.60 Å². The summed E-state index contributed by atoms with van der Waals surface area (Å²) in [4.78, 5) is 26.6. The van der Waals surface area contributed by atoms with Gasteiger partial charge in [-0.15, -0.1) is 0 Å². The average molecular weight is 315 g/mol. The summed E-state index contributed by atoms with van der Waals surface area (Å²) < 4.78 is 6.32. The Kier molecular flexibility index (Phi) is 4.17. The first-order valence-electron chi connectivity index (χ1n) is 8.55. The third-order valence-electron chi connectivity index (χ3n) is 5.02. The molecule has 1 aromatic carbocycles. The van der Waals surface area contributed by atoms with E-state index >= 15 is 0 Å². The summed E-state index contributed by atoms with van der Waals surface area (Å²) in [6, 6.07) is 4.00. The van der Waals surface area contributed by atoms with Crippen molar-refractivity contribution in [3.63, 3.8) is 0 Å². The fourth-order valence-electron chi connectivity index (χ4n) is 3.83. The minimum Gasteiger partial charge on any atom is -0.486 e. The lowest BCUT2D eigenvalue weighted by Gasteiger charge is -2.44. The number of piperidine rings is 1. The number of benzene rings is 1. The molecule has 1 fully saturated rings. The highest BCUT2D eigenvalue weighted by Crippen LogP contribution is 2.41. The maximum absolute atomic E-state index is 12.6. The highest BCUT2D eigenvalue weighted by molar-refractivity contribution is 6.01. The number of Topliss-reactive ketones (excluding diaryl/α,β-unsaturated/α-hetero) is 1. The summed E-state index contributed by atoms with van der Waals surface area (Å²) in [5, 5.41) is 0. The van der Waals surface area contributed by atoms with Crippen molar-refractivity contribution in [3.05, 3.63) is 28.8 Å². The van der Waals surface area contributed by atoms with Crippen molar-refractivity contribution in [2.45, 2.75) is 58.5 Å². The first-order valence-corrected chi connectivity index (χ1v) is 8.55. The molecule has 0 radical (unpaired) electrons. The van der Waals surface area contributed by atoms with Crippen LogP contribution in [0.2, 0.25) is 0 Å². The number of fused-ring (bicyclic) bond motifs is 1. The number of aryl methyl sites for hydroxylation is 2. The quantitative estimate of drug-likeness (QED) is 0.840. The van der Waals surface area contributed by atoms with Crippen molar-refractivity contribution in [1.29, 1.82) is 0 Å². The molecule has 0 bridgehead atoms. The van der Waals surface area contributed by atoms with E-state index in [2.05, 4.69) is 0 Å². The van der Waals surface area contributed by atoms with Gasteiger partial charge in [0.25, 0.3) is 0 Å². The third-order valence-corrected chi connectivity index (χ3v) is 5.02. The van der Waals surface area contributed by atoms with E-state index in [1.54, 1.807) is 0 Å². The van der Waals surface area contributed by atoms with Crippen molar-refractivity contribution in [1.82, 2.24) is 4.90 Å². The lowest BCUT2D eigenvalue weighted by Crippen LogP contribution is -2.52. The normalized spacial score (nSPS) is 19.4. The molecule has 2 aliphatic heterocycles. The molecule has 1 aromatic rings. The van der Waals surface area contributed by atoms with Crippen LogP contribution in [0.5, 0.6) is 5.75 Å². The van der Waals surface area contributed by atoms with Crippen LogP contribution in [-0.4, -0.2) is 35.3 Å². The number of amides is 1. The SMILES string of the molecule is CCCC(=O)N1CCC2(CC1)CC(=O)c1c(C)cc(C)cc1O2. The Hall–Kier alpha value is -1.84. The van der Waals surface area contributed by atoms with Gasteiger partial charge < -0.3 is 9.64 Å². The van der Waals surface area contributed by atoms with Crippen molar-refractivity contribution in [2.75, 3.05) is 13.1 Å². The van der Waals surface area contributed by atoms with E-state index in [9.17, 15) is 9.59 Å². The highest BCUT2D eigenvalue weighted by atomic mass is 16.5. The van der Waals surface area contributed by atoms with Crippen LogP contribution in [0.15, 0.2) is 12.1 Å². The van der Waals surface area contributed by atoms with Gasteiger partial charge in [0, 0.05) is 32.4 Å². The molecule has 2 heterocycles. The summed E-state index contributed by atoms with van der Waals surface area (Å²) in [6.45, 7) is 7.39. The first-order chi connectivity index (χ1) is 10.9. The van der Waals surface area contributed by atoms with Crippen molar-refractivity contribution in [3.8, 4) is 5.75 Å². The van der Waals surface area contributed by atoms with Gasteiger partial charge in [-0.3, -0.25) is 9.59 Å². The molecule has 1 saturated heterocycles. The Balaban J connectivity index is 1.79. The summed E-state index contributed by atoms with van der Waals surface area (Å²) in [7, 11) is 0. The zero-order valence-electron chi connectivity index (χ0n) is 14.3. The van der Waals surface area contributed by atoms with E-state index in [-0.39, 0.29) is 11.7 Å². The molecule has 0 aromatic heterocycles. The maximum Gasteiger partial charge on any atom is 0.222 e. The molecule has 4 heteroatoms. The molecule has 4 nitrogen and oxygen atoms in total. The Labute approximate surface area is 137 Å². The number of ketones is 1. The van der Waals surface area contributed by atoms with E-state index in [1.807, 2.05) is 37.8 Å². The lowest BCUT2D eigenvalue weighted by molar-refractivity contribution is -0.134. The number of carbonyl (C=O) groups excluding carboxylic acids is 2. The monoisotopic (exact) mass is 315 g/mol. The number of hydrogen-bond acceptors (Lipinski definition) is 3. The maximum atomic E-state index is 12.6. The predicted molar refractivity (Wildman–Crippen MR) is 88.9 cm³/mol. The fraction of sp³-hybridized carbons (Fsp3) is 0.579. The standard InChI is InChI=1S/C19H25NO3/c1-4-5-17(22)20-8-6-19(7-9-20)12-15(21)18-14(3)10-13(2)11-16(18)23-19/h10-11H,4-9,12H2,1-3H3. The molecule has 0 unspecified atom stereocenters. The number of likely N-dealkylation sites (tertiary alicyclic amines) is 1. The van der Waals surface area contributed by atoms with Crippen molar-refractivity contribution < 1.29 is 14.3 Å². The largest absolute Gasteiger partial charge is 0.486 e. The highest BCUT2D eigenvalue weighted by Gasteiger charge is 2.44. The molecule has 23 heavy (non-hydrogen) atoms. The summed E-state index contributed by atoms with van der Waals surface area (Å²) in [5.74, 6) is 1.13. The van der Waals surface area contributed by atoms with Crippen LogP contribution >= 0.6 is 0 Å². The molecule has 2 aliphatic rings. The van der Waals surface area contributed by atoms with Crippen LogP contribution in [0.4, 0.5) is 0 Å². The van der Waals surface area contributed by atoms with Crippen LogP contribution in [0.25, 0.3) is 0 Å². The topological polar surface area (TPSA) is 46.6 Å². The van der Waals surface area contributed by atoms with Gasteiger partial charge in [0.1, 0.15) is 11.4 Å². The van der Waals surface area contributed by atoms with E-state index in [0.717, 1.165) is 41.7 Å². The number of hydrogen-bond donors (Lipinski definition) is 0. The molecular weight excluding hydrogens is 290 g/mol. The molecular formula is C19H25NO3. The molecule has 3 rings (SSSR count). The second kappa shape index (κ2) is 5.99. The van der Waals surface area contributed by atoms with Gasteiger partial charge >= 0.3 is 0 Å². The molecule has 0 aliphatic carbocycles. The Morgan fingerprint density at radius 2 is 1.96 bits per heavy atom. The lowest BCUT2D eigenvalue weighted by atomic mass is 9.81. The van der Waals surface area contributed by atoms with Gasteiger partial charge in [0.2, 0.25) is 5.91 Å². The van der Waals surface area contributed by atoms with Gasteiger partial charge in [-0.05, 0) is 37.5 Å². The molecule has 124 valence electrons. The van der Waals surface area contributed by atoms with E-state index in [1.165, 1.54) is 0 Å². The number of rotatable bonds is 2. The van der Waals surface area contributed by atoms with Crippen LogP contribution < -0.4 is 4.74 Å². The number of ether oxygens (including phenoxy) is 1. The zero-order chi connectivity index (χ0) is 16.6. The summed E-state index contributed by atoms with van der Waals surface area (Å²) in [6.07, 6.45) is 3.39. The van der Waals surface area contributed by atoms with Crippen molar-refractivity contribution in [2.24, 2.45) is 0 Å². The van der Waals surface area contributed by atoms with Gasteiger partial charge in [-0.1, -0.05) is 13.0 Å². The summed E-state index contributed by atoms with van der Waals surface area (Å²) in [5.41, 5.74) is 2.43. The Bertz CT molecular complexity index is 642. The fourth-order valence-corrected chi connectivity index (χ4v) is 3.83. The minimum absolute atomic E-state index is 0.178. The van der Waals surface area contributed by atoms with Crippen LogP contribution in [0.1, 0.15) is 60.5 Å². The molecule has 0 N–H and O–H groups in total. The minimum atomic E-state index is -0.423. The Morgan fingerprint density at radius 3 is 2.61 bits per heavy atom. The van der Waals surface area contributed by atoms with E-state index in [0.29, 0.717) is 25.9 Å². The van der Waals surface area contributed by atoms with Gasteiger partial charge in [-0.25, -0.2) is 0 Å². The first kappa shape index (κ1) is 16.0. The van der Waals surface area contributed by atoms with Gasteiger partial charge in [0.05, 0.1) is 12.0 Å². The molecule has 1 spiro atoms. The van der Waals surface area contributed by atoms with Crippen molar-refractivity contribution >= 4 is 11.7 Å². The molecule has 0 atom stereocenters. The number of nitrogens with zero attached hydrogens (tertiary/aromatic N) is 1. The van der Waals surface area contributed by atoms with Crippen LogP contribution in [0.3, 0.4) is 0 Å². The van der Waals surface area contributed by atoms with Crippen LogP contribution in [0, 0.1) is 13.8 Å². The number of carbonyl (C=O) groups is 2.